The van der Waals surface area contributed by atoms with E-state index in [1.54, 1.807) is 13.1 Å². The van der Waals surface area contributed by atoms with Crippen LogP contribution in [-0.4, -0.2) is 42.2 Å². The van der Waals surface area contributed by atoms with Crippen LogP contribution in [0.4, 0.5) is 5.69 Å². The number of aromatic nitrogens is 1. The smallest absolute Gasteiger partial charge is 0.311 e. The van der Waals surface area contributed by atoms with Crippen LogP contribution in [0.15, 0.2) is 18.3 Å². The topological polar surface area (TPSA) is 68.7 Å². The zero-order valence-electron chi connectivity index (χ0n) is 16.3. The third kappa shape index (κ3) is 6.65. The van der Waals surface area contributed by atoms with E-state index >= 15 is 0 Å². The van der Waals surface area contributed by atoms with Gasteiger partial charge in [-0.15, -0.1) is 0 Å². The number of ether oxygens (including phenoxy) is 2. The second-order valence-electron chi connectivity index (χ2n) is 7.73. The van der Waals surface area contributed by atoms with Gasteiger partial charge in [0.05, 0.1) is 25.1 Å². The highest BCUT2D eigenvalue weighted by atomic mass is 16.6. The van der Waals surface area contributed by atoms with Crippen molar-refractivity contribution in [1.82, 2.24) is 4.98 Å². The summed E-state index contributed by atoms with van der Waals surface area (Å²) in [6.45, 7) is 9.58. The van der Waals surface area contributed by atoms with Crippen molar-refractivity contribution in [1.29, 1.82) is 0 Å². The molecular weight excluding hydrogens is 332 g/mol. The minimum absolute atomic E-state index is 0.137. The lowest BCUT2D eigenvalue weighted by molar-refractivity contribution is -0.156. The molecule has 1 fully saturated rings. The Labute approximate surface area is 155 Å². The van der Waals surface area contributed by atoms with Crippen molar-refractivity contribution in [3.63, 3.8) is 0 Å². The van der Waals surface area contributed by atoms with E-state index in [-0.39, 0.29) is 24.3 Å². The van der Waals surface area contributed by atoms with Gasteiger partial charge in [-0.25, -0.2) is 0 Å². The summed E-state index contributed by atoms with van der Waals surface area (Å²) in [5.74, 6) is -0.124. The van der Waals surface area contributed by atoms with Crippen molar-refractivity contribution < 1.29 is 19.1 Å². The third-order valence-electron chi connectivity index (χ3n) is 4.19. The Balaban J connectivity index is 1.96. The lowest BCUT2D eigenvalue weighted by Crippen LogP contribution is -2.37. The molecule has 0 bridgehead atoms. The first-order chi connectivity index (χ1) is 12.3. The molecule has 6 heteroatoms. The Morgan fingerprint density at radius 1 is 1.31 bits per heavy atom. The van der Waals surface area contributed by atoms with Crippen molar-refractivity contribution in [3.8, 4) is 0 Å². The number of anilines is 1. The number of esters is 2. The Bertz CT molecular complexity index is 624. The molecule has 0 aliphatic carbocycles. The molecule has 1 atom stereocenters. The van der Waals surface area contributed by atoms with Crippen LogP contribution in [0.2, 0.25) is 0 Å². The maximum atomic E-state index is 12.1. The van der Waals surface area contributed by atoms with E-state index in [9.17, 15) is 9.59 Å². The van der Waals surface area contributed by atoms with Crippen molar-refractivity contribution in [2.75, 3.05) is 24.6 Å². The second kappa shape index (κ2) is 9.01. The molecule has 1 saturated heterocycles. The van der Waals surface area contributed by atoms with Gasteiger partial charge in [-0.05, 0) is 58.6 Å². The van der Waals surface area contributed by atoms with Gasteiger partial charge in [0.25, 0.3) is 0 Å². The third-order valence-corrected chi connectivity index (χ3v) is 4.19. The molecule has 0 radical (unpaired) electrons. The minimum atomic E-state index is -0.446. The lowest BCUT2D eigenvalue weighted by Gasteiger charge is -2.34. The number of hydrogen-bond acceptors (Lipinski definition) is 6. The summed E-state index contributed by atoms with van der Waals surface area (Å²) in [5, 5.41) is 0. The monoisotopic (exact) mass is 362 g/mol. The van der Waals surface area contributed by atoms with Gasteiger partial charge in [0, 0.05) is 25.0 Å². The van der Waals surface area contributed by atoms with Crippen molar-refractivity contribution >= 4 is 17.6 Å². The summed E-state index contributed by atoms with van der Waals surface area (Å²) in [7, 11) is 0. The minimum Gasteiger partial charge on any atom is -0.466 e. The summed E-state index contributed by atoms with van der Waals surface area (Å²) in [6, 6.07) is 3.89. The first kappa shape index (κ1) is 20.2. The number of nitrogens with zero attached hydrogens (tertiary/aromatic N) is 2. The summed E-state index contributed by atoms with van der Waals surface area (Å²) in [5.41, 5.74) is 1.29. The zero-order chi connectivity index (χ0) is 19.2. The summed E-state index contributed by atoms with van der Waals surface area (Å²) in [4.78, 5) is 30.3. The van der Waals surface area contributed by atoms with Crippen LogP contribution in [0.1, 0.15) is 52.7 Å². The molecule has 26 heavy (non-hydrogen) atoms. The number of pyridine rings is 1. The molecule has 0 N–H and O–H groups in total. The van der Waals surface area contributed by atoms with Gasteiger partial charge in [-0.3, -0.25) is 14.6 Å². The van der Waals surface area contributed by atoms with E-state index < -0.39 is 5.60 Å². The van der Waals surface area contributed by atoms with Crippen molar-refractivity contribution in [2.45, 2.75) is 59.0 Å². The first-order valence-corrected chi connectivity index (χ1v) is 9.34. The van der Waals surface area contributed by atoms with Gasteiger partial charge < -0.3 is 14.4 Å². The molecule has 2 rings (SSSR count). The fourth-order valence-corrected chi connectivity index (χ4v) is 3.20. The highest BCUT2D eigenvalue weighted by molar-refractivity contribution is 5.72. The Morgan fingerprint density at radius 3 is 2.77 bits per heavy atom. The molecule has 144 valence electrons. The Kier molecular flexibility index (Phi) is 7.00. The lowest BCUT2D eigenvalue weighted by atomic mass is 9.94. The quantitative estimate of drug-likeness (QED) is 0.724. The van der Waals surface area contributed by atoms with Crippen LogP contribution in [0.25, 0.3) is 0 Å². The Morgan fingerprint density at radius 2 is 2.08 bits per heavy atom. The van der Waals surface area contributed by atoms with E-state index in [0.717, 1.165) is 31.6 Å². The van der Waals surface area contributed by atoms with E-state index in [0.29, 0.717) is 18.7 Å². The molecule has 2 heterocycles. The highest BCUT2D eigenvalue weighted by Gasteiger charge is 2.25. The molecule has 0 aromatic carbocycles. The van der Waals surface area contributed by atoms with Crippen LogP contribution >= 0.6 is 0 Å². The normalized spacial score (nSPS) is 17.7. The maximum absolute atomic E-state index is 12.1. The van der Waals surface area contributed by atoms with E-state index in [1.165, 1.54) is 0 Å². The largest absolute Gasteiger partial charge is 0.466 e. The molecule has 0 amide bonds. The van der Waals surface area contributed by atoms with Crippen LogP contribution in [0.3, 0.4) is 0 Å². The molecule has 6 nitrogen and oxygen atoms in total. The van der Waals surface area contributed by atoms with Gasteiger partial charge >= 0.3 is 11.9 Å². The summed E-state index contributed by atoms with van der Waals surface area (Å²) >= 11 is 0. The van der Waals surface area contributed by atoms with Gasteiger partial charge in [-0.2, -0.15) is 0 Å². The van der Waals surface area contributed by atoms with Gasteiger partial charge in [0.2, 0.25) is 0 Å². The van der Waals surface area contributed by atoms with Crippen molar-refractivity contribution in [2.24, 2.45) is 5.92 Å². The van der Waals surface area contributed by atoms with E-state index in [1.807, 2.05) is 32.9 Å². The molecule has 1 aliphatic heterocycles. The number of piperidine rings is 1. The van der Waals surface area contributed by atoms with Crippen molar-refractivity contribution in [3.05, 3.63) is 24.0 Å². The predicted molar refractivity (Wildman–Crippen MR) is 100.0 cm³/mol. The fraction of sp³-hybridized carbons (Fsp3) is 0.650. The van der Waals surface area contributed by atoms with Gasteiger partial charge in [0.15, 0.2) is 0 Å². The molecule has 0 saturated carbocycles. The summed E-state index contributed by atoms with van der Waals surface area (Å²) < 4.78 is 10.4. The predicted octanol–water partition coefficient (Wildman–Crippen LogP) is 3.14. The first-order valence-electron chi connectivity index (χ1n) is 9.34. The van der Waals surface area contributed by atoms with Crippen LogP contribution in [0, 0.1) is 5.92 Å². The number of hydrogen-bond donors (Lipinski definition) is 0. The van der Waals surface area contributed by atoms with E-state index in [2.05, 4.69) is 9.88 Å². The molecule has 1 aromatic heterocycles. The second-order valence-corrected chi connectivity index (χ2v) is 7.73. The van der Waals surface area contributed by atoms with Crippen LogP contribution in [0.5, 0.6) is 0 Å². The van der Waals surface area contributed by atoms with Crippen LogP contribution < -0.4 is 4.90 Å². The molecule has 1 aromatic rings. The van der Waals surface area contributed by atoms with Gasteiger partial charge in [0.1, 0.15) is 5.60 Å². The van der Waals surface area contributed by atoms with Crippen LogP contribution in [-0.2, 0) is 25.5 Å². The number of carbonyl (C=O) groups excluding carboxylic acids is 2. The molecule has 1 aliphatic rings. The fourth-order valence-electron chi connectivity index (χ4n) is 3.20. The standard InChI is InChI=1S/C20H30N2O4/c1-5-25-18(23)13-16-12-17(8-9-21-16)22-10-6-7-15(14-22)11-19(24)26-20(2,3)4/h8-9,12,15H,5-7,10-11,13-14H2,1-4H3/t15-/m0/s1. The highest BCUT2D eigenvalue weighted by Crippen LogP contribution is 2.26. The summed E-state index contributed by atoms with van der Waals surface area (Å²) in [6.07, 6.45) is 4.40. The molecule has 0 spiro atoms. The molecule has 0 unspecified atom stereocenters. The Hall–Kier alpha value is -2.11. The average molecular weight is 362 g/mol. The maximum Gasteiger partial charge on any atom is 0.311 e. The van der Waals surface area contributed by atoms with E-state index in [4.69, 9.17) is 9.47 Å². The average Bonchev–Trinajstić information content (AvgIpc) is 2.53. The number of rotatable bonds is 6. The van der Waals surface area contributed by atoms with Gasteiger partial charge in [-0.1, -0.05) is 0 Å². The zero-order valence-corrected chi connectivity index (χ0v) is 16.3. The SMILES string of the molecule is CCOC(=O)Cc1cc(N2CCC[C@@H](CC(=O)OC(C)(C)C)C2)ccn1. The molecular formula is C20H30N2O4. The number of carbonyl (C=O) groups is 2.